The SMILES string of the molecule is Cn1cc(NC(=O)c2cccc(Cl)n2)ccc1=O. The van der Waals surface area contributed by atoms with Crippen molar-refractivity contribution in [3.63, 3.8) is 0 Å². The van der Waals surface area contributed by atoms with Crippen LogP contribution in [0.15, 0.2) is 41.3 Å². The lowest BCUT2D eigenvalue weighted by molar-refractivity contribution is 0.102. The van der Waals surface area contributed by atoms with Crippen LogP contribution in [0, 0.1) is 0 Å². The maximum Gasteiger partial charge on any atom is 0.274 e. The van der Waals surface area contributed by atoms with E-state index < -0.39 is 0 Å². The Bertz CT molecular complexity index is 652. The van der Waals surface area contributed by atoms with Gasteiger partial charge >= 0.3 is 0 Å². The van der Waals surface area contributed by atoms with E-state index in [-0.39, 0.29) is 22.3 Å². The van der Waals surface area contributed by atoms with Gasteiger partial charge in [-0.15, -0.1) is 0 Å². The molecule has 0 aliphatic heterocycles. The lowest BCUT2D eigenvalue weighted by Gasteiger charge is -2.06. The molecule has 0 spiro atoms. The van der Waals surface area contributed by atoms with Crippen molar-refractivity contribution in [2.24, 2.45) is 7.05 Å². The van der Waals surface area contributed by atoms with E-state index in [1.807, 2.05) is 0 Å². The monoisotopic (exact) mass is 263 g/mol. The van der Waals surface area contributed by atoms with E-state index in [1.54, 1.807) is 25.2 Å². The predicted molar refractivity (Wildman–Crippen MR) is 68.9 cm³/mol. The molecule has 0 atom stereocenters. The number of carbonyl (C=O) groups is 1. The number of aromatic nitrogens is 2. The molecule has 1 N–H and O–H groups in total. The fourth-order valence-corrected chi connectivity index (χ4v) is 1.56. The van der Waals surface area contributed by atoms with Gasteiger partial charge in [-0.2, -0.15) is 0 Å². The molecule has 0 aromatic carbocycles. The van der Waals surface area contributed by atoms with E-state index >= 15 is 0 Å². The summed E-state index contributed by atoms with van der Waals surface area (Å²) in [5.41, 5.74) is 0.592. The van der Waals surface area contributed by atoms with Gasteiger partial charge in [0, 0.05) is 19.3 Å². The Morgan fingerprint density at radius 3 is 2.78 bits per heavy atom. The van der Waals surface area contributed by atoms with Crippen molar-refractivity contribution in [1.82, 2.24) is 9.55 Å². The number of halogens is 1. The second-order valence-electron chi connectivity index (χ2n) is 3.67. The summed E-state index contributed by atoms with van der Waals surface area (Å²) in [4.78, 5) is 26.9. The molecule has 0 aliphatic carbocycles. The largest absolute Gasteiger partial charge is 0.319 e. The van der Waals surface area contributed by atoms with Crippen molar-refractivity contribution in [3.8, 4) is 0 Å². The van der Waals surface area contributed by atoms with E-state index in [0.717, 1.165) is 0 Å². The summed E-state index contributed by atoms with van der Waals surface area (Å²) in [6, 6.07) is 7.70. The number of hydrogen-bond acceptors (Lipinski definition) is 3. The first-order valence-corrected chi connectivity index (χ1v) is 5.54. The van der Waals surface area contributed by atoms with Crippen molar-refractivity contribution in [2.45, 2.75) is 0 Å². The molecule has 2 heterocycles. The Labute approximate surface area is 108 Å². The summed E-state index contributed by atoms with van der Waals surface area (Å²) in [5.74, 6) is -0.379. The van der Waals surface area contributed by atoms with Crippen LogP contribution < -0.4 is 10.9 Å². The third kappa shape index (κ3) is 2.75. The predicted octanol–water partition coefficient (Wildman–Crippen LogP) is 1.69. The summed E-state index contributed by atoms with van der Waals surface area (Å²) < 4.78 is 1.38. The molecule has 1 amide bonds. The zero-order valence-electron chi connectivity index (χ0n) is 9.55. The van der Waals surface area contributed by atoms with Gasteiger partial charge in [0.25, 0.3) is 5.91 Å². The molecule has 6 heteroatoms. The number of amides is 1. The summed E-state index contributed by atoms with van der Waals surface area (Å²) >= 11 is 5.70. The Balaban J connectivity index is 2.21. The first-order valence-electron chi connectivity index (χ1n) is 5.17. The molecule has 92 valence electrons. The van der Waals surface area contributed by atoms with Crippen LogP contribution in [0.2, 0.25) is 5.15 Å². The number of nitrogens with zero attached hydrogens (tertiary/aromatic N) is 2. The van der Waals surface area contributed by atoms with Gasteiger partial charge in [0.2, 0.25) is 5.56 Å². The van der Waals surface area contributed by atoms with Gasteiger partial charge in [-0.3, -0.25) is 9.59 Å². The first-order chi connectivity index (χ1) is 8.56. The van der Waals surface area contributed by atoms with E-state index in [4.69, 9.17) is 11.6 Å². The summed E-state index contributed by atoms with van der Waals surface area (Å²) in [6.07, 6.45) is 1.53. The fraction of sp³-hybridized carbons (Fsp3) is 0.0833. The highest BCUT2D eigenvalue weighted by Crippen LogP contribution is 2.08. The smallest absolute Gasteiger partial charge is 0.274 e. The Kier molecular flexibility index (Phi) is 3.43. The molecule has 2 aromatic heterocycles. The summed E-state index contributed by atoms with van der Waals surface area (Å²) in [6.45, 7) is 0. The van der Waals surface area contributed by atoms with Crippen LogP contribution in [0.1, 0.15) is 10.5 Å². The summed E-state index contributed by atoms with van der Waals surface area (Å²) in [7, 11) is 1.61. The van der Waals surface area contributed by atoms with E-state index in [1.165, 1.54) is 22.9 Å². The molecule has 0 aliphatic rings. The zero-order chi connectivity index (χ0) is 13.1. The average molecular weight is 264 g/mol. The van der Waals surface area contributed by atoms with Gasteiger partial charge in [0.05, 0.1) is 5.69 Å². The molecule has 2 rings (SSSR count). The highest BCUT2D eigenvalue weighted by molar-refractivity contribution is 6.29. The zero-order valence-corrected chi connectivity index (χ0v) is 10.3. The fourth-order valence-electron chi connectivity index (χ4n) is 1.40. The number of nitrogens with one attached hydrogen (secondary N) is 1. The minimum absolute atomic E-state index is 0.145. The van der Waals surface area contributed by atoms with Gasteiger partial charge < -0.3 is 9.88 Å². The van der Waals surface area contributed by atoms with Crippen LogP contribution in [0.5, 0.6) is 0 Å². The third-order valence-corrected chi connectivity index (χ3v) is 2.50. The maximum absolute atomic E-state index is 11.8. The summed E-state index contributed by atoms with van der Waals surface area (Å²) in [5, 5.41) is 2.89. The molecule has 0 saturated carbocycles. The van der Waals surface area contributed by atoms with Crippen molar-refractivity contribution in [2.75, 3.05) is 5.32 Å². The Morgan fingerprint density at radius 1 is 1.33 bits per heavy atom. The quantitative estimate of drug-likeness (QED) is 0.839. The lowest BCUT2D eigenvalue weighted by atomic mass is 10.3. The van der Waals surface area contributed by atoms with Crippen molar-refractivity contribution >= 4 is 23.2 Å². The molecule has 0 fully saturated rings. The van der Waals surface area contributed by atoms with Gasteiger partial charge in [-0.25, -0.2) is 4.98 Å². The number of hydrogen-bond donors (Lipinski definition) is 1. The lowest BCUT2D eigenvalue weighted by Crippen LogP contribution is -2.18. The van der Waals surface area contributed by atoms with Crippen molar-refractivity contribution < 1.29 is 4.79 Å². The Hall–Kier alpha value is -2.14. The highest BCUT2D eigenvalue weighted by Gasteiger charge is 2.08. The third-order valence-electron chi connectivity index (χ3n) is 2.29. The van der Waals surface area contributed by atoms with E-state index in [9.17, 15) is 9.59 Å². The minimum atomic E-state index is -0.379. The van der Waals surface area contributed by atoms with E-state index in [2.05, 4.69) is 10.3 Å². The molecule has 0 radical (unpaired) electrons. The van der Waals surface area contributed by atoms with Crippen LogP contribution in [-0.4, -0.2) is 15.5 Å². The van der Waals surface area contributed by atoms with E-state index in [0.29, 0.717) is 5.69 Å². The molecular weight excluding hydrogens is 254 g/mol. The average Bonchev–Trinajstić information content (AvgIpc) is 2.34. The standard InChI is InChI=1S/C12H10ClN3O2/c1-16-7-8(5-6-11(16)17)14-12(18)9-3-2-4-10(13)15-9/h2-7H,1H3,(H,14,18). The van der Waals surface area contributed by atoms with Crippen LogP contribution in [-0.2, 0) is 7.05 Å². The number of pyridine rings is 2. The second-order valence-corrected chi connectivity index (χ2v) is 4.05. The normalized spacial score (nSPS) is 10.1. The van der Waals surface area contributed by atoms with Crippen LogP contribution >= 0.6 is 11.6 Å². The van der Waals surface area contributed by atoms with Crippen LogP contribution in [0.25, 0.3) is 0 Å². The van der Waals surface area contributed by atoms with Crippen molar-refractivity contribution in [3.05, 3.63) is 57.7 Å². The topological polar surface area (TPSA) is 64.0 Å². The number of rotatable bonds is 2. The minimum Gasteiger partial charge on any atom is -0.319 e. The number of anilines is 1. The first kappa shape index (κ1) is 12.3. The molecular formula is C12H10ClN3O2. The number of aryl methyl sites for hydroxylation is 1. The molecule has 18 heavy (non-hydrogen) atoms. The Morgan fingerprint density at radius 2 is 2.11 bits per heavy atom. The second kappa shape index (κ2) is 5.01. The molecule has 5 nitrogen and oxygen atoms in total. The van der Waals surface area contributed by atoms with Gasteiger partial charge in [0.15, 0.2) is 0 Å². The van der Waals surface area contributed by atoms with Crippen LogP contribution in [0.3, 0.4) is 0 Å². The molecule has 0 saturated heterocycles. The van der Waals surface area contributed by atoms with Gasteiger partial charge in [-0.1, -0.05) is 17.7 Å². The van der Waals surface area contributed by atoms with Crippen molar-refractivity contribution in [1.29, 1.82) is 0 Å². The maximum atomic E-state index is 11.8. The van der Waals surface area contributed by atoms with Gasteiger partial charge in [-0.05, 0) is 18.2 Å². The highest BCUT2D eigenvalue weighted by atomic mass is 35.5. The van der Waals surface area contributed by atoms with Gasteiger partial charge in [0.1, 0.15) is 10.8 Å². The van der Waals surface area contributed by atoms with Crippen LogP contribution in [0.4, 0.5) is 5.69 Å². The molecule has 0 bridgehead atoms. The molecule has 0 unspecified atom stereocenters. The number of carbonyl (C=O) groups excluding carboxylic acids is 1. The molecule has 2 aromatic rings.